The van der Waals surface area contributed by atoms with Crippen molar-refractivity contribution in [1.82, 2.24) is 10.2 Å². The number of carbonyl (C=O) groups is 1. The Bertz CT molecular complexity index is 889. The molecule has 0 unspecified atom stereocenters. The first-order valence-electron chi connectivity index (χ1n) is 8.07. The van der Waals surface area contributed by atoms with E-state index in [4.69, 9.17) is 16.3 Å². The van der Waals surface area contributed by atoms with Gasteiger partial charge in [-0.2, -0.15) is 0 Å². The first-order valence-corrected chi connectivity index (χ1v) is 9.26. The van der Waals surface area contributed by atoms with E-state index in [2.05, 4.69) is 15.5 Å². The number of aromatic nitrogens is 2. The first kappa shape index (κ1) is 18.4. The molecule has 1 aromatic heterocycles. The van der Waals surface area contributed by atoms with Crippen LogP contribution in [0.5, 0.6) is 5.75 Å². The predicted octanol–water partition coefficient (Wildman–Crippen LogP) is 4.42. The van der Waals surface area contributed by atoms with Crippen LogP contribution >= 0.6 is 22.9 Å². The molecular formula is C19H18ClN3O2S. The number of amides is 1. The molecule has 0 atom stereocenters. The van der Waals surface area contributed by atoms with Gasteiger partial charge in [-0.3, -0.25) is 10.1 Å². The lowest BCUT2D eigenvalue weighted by molar-refractivity contribution is -0.118. The number of nitrogens with zero attached hydrogens (tertiary/aromatic N) is 2. The Kier molecular flexibility index (Phi) is 5.85. The normalized spacial score (nSPS) is 10.6. The summed E-state index contributed by atoms with van der Waals surface area (Å²) in [5, 5.41) is 12.8. The number of hydrogen-bond acceptors (Lipinski definition) is 5. The number of nitrogens with one attached hydrogen (secondary N) is 1. The van der Waals surface area contributed by atoms with Crippen LogP contribution in [0.4, 0.5) is 5.13 Å². The van der Waals surface area contributed by atoms with Crippen LogP contribution in [-0.2, 0) is 11.2 Å². The minimum atomic E-state index is -0.262. The maximum Gasteiger partial charge on any atom is 0.264 e. The van der Waals surface area contributed by atoms with Gasteiger partial charge in [0.05, 0.1) is 0 Å². The van der Waals surface area contributed by atoms with E-state index in [1.54, 1.807) is 0 Å². The summed E-state index contributed by atoms with van der Waals surface area (Å²) >= 11 is 7.23. The number of anilines is 1. The molecule has 0 aliphatic carbocycles. The molecule has 7 heteroatoms. The Balaban J connectivity index is 1.55. The van der Waals surface area contributed by atoms with Crippen molar-refractivity contribution in [2.75, 3.05) is 11.9 Å². The minimum Gasteiger partial charge on any atom is -0.483 e. The topological polar surface area (TPSA) is 64.1 Å². The SMILES string of the molecule is Cc1cccc(C)c1OCC(=O)Nc1nnc(Cc2ccc(Cl)cc2)s1. The maximum absolute atomic E-state index is 12.1. The Morgan fingerprint density at radius 1 is 1.12 bits per heavy atom. The summed E-state index contributed by atoms with van der Waals surface area (Å²) in [6.45, 7) is 3.83. The number of halogens is 1. The van der Waals surface area contributed by atoms with E-state index >= 15 is 0 Å². The molecule has 2 aromatic carbocycles. The van der Waals surface area contributed by atoms with Crippen LogP contribution in [0.1, 0.15) is 21.7 Å². The summed E-state index contributed by atoms with van der Waals surface area (Å²) in [6.07, 6.45) is 0.642. The van der Waals surface area contributed by atoms with E-state index in [0.29, 0.717) is 16.6 Å². The van der Waals surface area contributed by atoms with Crippen molar-refractivity contribution < 1.29 is 9.53 Å². The molecule has 1 N–H and O–H groups in total. The zero-order chi connectivity index (χ0) is 18.5. The second-order valence-electron chi connectivity index (χ2n) is 5.86. The van der Waals surface area contributed by atoms with E-state index in [1.165, 1.54) is 11.3 Å². The highest BCUT2D eigenvalue weighted by Crippen LogP contribution is 2.23. The predicted molar refractivity (Wildman–Crippen MR) is 104 cm³/mol. The molecule has 1 heterocycles. The Hall–Kier alpha value is -2.44. The third kappa shape index (κ3) is 4.80. The van der Waals surface area contributed by atoms with Gasteiger partial charge < -0.3 is 4.74 Å². The molecule has 3 rings (SSSR count). The lowest BCUT2D eigenvalue weighted by atomic mass is 10.1. The Labute approximate surface area is 161 Å². The average Bonchev–Trinajstić information content (AvgIpc) is 3.03. The summed E-state index contributed by atoms with van der Waals surface area (Å²) < 4.78 is 5.65. The summed E-state index contributed by atoms with van der Waals surface area (Å²) in [6, 6.07) is 13.4. The minimum absolute atomic E-state index is 0.0716. The molecule has 5 nitrogen and oxygen atoms in total. The summed E-state index contributed by atoms with van der Waals surface area (Å²) in [5.41, 5.74) is 3.08. The van der Waals surface area contributed by atoms with Gasteiger partial charge in [0.1, 0.15) is 10.8 Å². The second-order valence-corrected chi connectivity index (χ2v) is 7.36. The van der Waals surface area contributed by atoms with Gasteiger partial charge in [-0.1, -0.05) is 53.3 Å². The van der Waals surface area contributed by atoms with Gasteiger partial charge in [0.25, 0.3) is 5.91 Å². The van der Waals surface area contributed by atoms with E-state index in [-0.39, 0.29) is 12.5 Å². The van der Waals surface area contributed by atoms with Crippen molar-refractivity contribution in [3.8, 4) is 5.75 Å². The third-order valence-corrected chi connectivity index (χ3v) is 4.83. The van der Waals surface area contributed by atoms with Crippen LogP contribution in [0, 0.1) is 13.8 Å². The van der Waals surface area contributed by atoms with Crippen molar-refractivity contribution in [3.63, 3.8) is 0 Å². The van der Waals surface area contributed by atoms with Gasteiger partial charge in [0.15, 0.2) is 6.61 Å². The lowest BCUT2D eigenvalue weighted by Crippen LogP contribution is -2.20. The molecule has 0 aliphatic heterocycles. The second kappa shape index (κ2) is 8.29. The van der Waals surface area contributed by atoms with Crippen molar-refractivity contribution in [2.24, 2.45) is 0 Å². The average molecular weight is 388 g/mol. The van der Waals surface area contributed by atoms with Gasteiger partial charge in [0.2, 0.25) is 5.13 Å². The van der Waals surface area contributed by atoms with Crippen LogP contribution in [0.15, 0.2) is 42.5 Å². The highest BCUT2D eigenvalue weighted by atomic mass is 35.5. The molecule has 26 heavy (non-hydrogen) atoms. The highest BCUT2D eigenvalue weighted by molar-refractivity contribution is 7.15. The number of aryl methyl sites for hydroxylation is 2. The number of carbonyl (C=O) groups excluding carboxylic acids is 1. The summed E-state index contributed by atoms with van der Waals surface area (Å²) in [4.78, 5) is 12.1. The fraction of sp³-hybridized carbons (Fsp3) is 0.211. The first-order chi connectivity index (χ1) is 12.5. The van der Waals surface area contributed by atoms with Crippen molar-refractivity contribution in [3.05, 3.63) is 69.2 Å². The molecule has 0 radical (unpaired) electrons. The van der Waals surface area contributed by atoms with Crippen molar-refractivity contribution in [1.29, 1.82) is 0 Å². The standard InChI is InChI=1S/C19H18ClN3O2S/c1-12-4-3-5-13(2)18(12)25-11-16(24)21-19-23-22-17(26-19)10-14-6-8-15(20)9-7-14/h3-9H,10-11H2,1-2H3,(H,21,23,24). The van der Waals surface area contributed by atoms with Gasteiger partial charge in [0, 0.05) is 11.4 Å². The van der Waals surface area contributed by atoms with Crippen molar-refractivity contribution in [2.45, 2.75) is 20.3 Å². The van der Waals surface area contributed by atoms with Gasteiger partial charge >= 0.3 is 0 Å². The highest BCUT2D eigenvalue weighted by Gasteiger charge is 2.11. The number of ether oxygens (including phenoxy) is 1. The molecule has 3 aromatic rings. The molecule has 0 spiro atoms. The van der Waals surface area contributed by atoms with E-state index in [1.807, 2.05) is 56.3 Å². The number of rotatable bonds is 6. The third-order valence-electron chi connectivity index (χ3n) is 3.74. The lowest BCUT2D eigenvalue weighted by Gasteiger charge is -2.11. The molecule has 0 saturated carbocycles. The van der Waals surface area contributed by atoms with E-state index in [9.17, 15) is 4.79 Å². The van der Waals surface area contributed by atoms with Crippen LogP contribution in [0.2, 0.25) is 5.02 Å². The number of hydrogen-bond donors (Lipinski definition) is 1. The van der Waals surface area contributed by atoms with Crippen LogP contribution in [0.25, 0.3) is 0 Å². The molecule has 134 valence electrons. The quantitative estimate of drug-likeness (QED) is 0.680. The fourth-order valence-electron chi connectivity index (χ4n) is 2.47. The Morgan fingerprint density at radius 2 is 1.81 bits per heavy atom. The van der Waals surface area contributed by atoms with E-state index in [0.717, 1.165) is 27.4 Å². The van der Waals surface area contributed by atoms with Gasteiger partial charge in [-0.25, -0.2) is 0 Å². The van der Waals surface area contributed by atoms with E-state index < -0.39 is 0 Å². The van der Waals surface area contributed by atoms with Crippen LogP contribution in [0.3, 0.4) is 0 Å². The van der Waals surface area contributed by atoms with Crippen LogP contribution < -0.4 is 10.1 Å². The summed E-state index contributed by atoms with van der Waals surface area (Å²) in [7, 11) is 0. The molecule has 0 aliphatic rings. The molecular weight excluding hydrogens is 370 g/mol. The number of para-hydroxylation sites is 1. The maximum atomic E-state index is 12.1. The largest absolute Gasteiger partial charge is 0.483 e. The zero-order valence-electron chi connectivity index (χ0n) is 14.5. The molecule has 0 saturated heterocycles. The summed E-state index contributed by atoms with van der Waals surface area (Å²) in [5.74, 6) is 0.477. The molecule has 1 amide bonds. The number of benzene rings is 2. The van der Waals surface area contributed by atoms with Crippen molar-refractivity contribution >= 4 is 34.0 Å². The van der Waals surface area contributed by atoms with Gasteiger partial charge in [-0.05, 0) is 42.7 Å². The fourth-order valence-corrected chi connectivity index (χ4v) is 3.39. The van der Waals surface area contributed by atoms with Gasteiger partial charge in [-0.15, -0.1) is 10.2 Å². The monoisotopic (exact) mass is 387 g/mol. The smallest absolute Gasteiger partial charge is 0.264 e. The Morgan fingerprint density at radius 3 is 2.50 bits per heavy atom. The zero-order valence-corrected chi connectivity index (χ0v) is 16.0. The molecule has 0 fully saturated rings. The van der Waals surface area contributed by atoms with Crippen LogP contribution in [-0.4, -0.2) is 22.7 Å². The molecule has 0 bridgehead atoms.